The fourth-order valence-corrected chi connectivity index (χ4v) is 0.972. The Kier molecular flexibility index (Phi) is 2.37. The lowest BCUT2D eigenvalue weighted by molar-refractivity contribution is 0.199. The summed E-state index contributed by atoms with van der Waals surface area (Å²) in [4.78, 5) is 0. The molecule has 0 aliphatic heterocycles. The number of rotatable bonds is 1. The number of benzene rings is 1. The Balaban J connectivity index is 3.05. The topological polar surface area (TPSA) is 40.5 Å². The van der Waals surface area contributed by atoms with E-state index < -0.39 is 6.10 Å². The average Bonchev–Trinajstić information content (AvgIpc) is 1.94. The van der Waals surface area contributed by atoms with E-state index in [1.807, 2.05) is 0 Å². The molecule has 0 spiro atoms. The summed E-state index contributed by atoms with van der Waals surface area (Å²) in [5, 5.41) is 18.4. The molecule has 1 atom stereocenters. The highest BCUT2D eigenvalue weighted by Gasteiger charge is 2.03. The summed E-state index contributed by atoms with van der Waals surface area (Å²) < 4.78 is 0. The van der Waals surface area contributed by atoms with Gasteiger partial charge in [0.15, 0.2) is 0 Å². The van der Waals surface area contributed by atoms with Crippen LogP contribution in [0.4, 0.5) is 0 Å². The van der Waals surface area contributed by atoms with Crippen molar-refractivity contribution in [3.63, 3.8) is 0 Å². The van der Waals surface area contributed by atoms with Crippen LogP contribution in [0.3, 0.4) is 0 Å². The maximum absolute atomic E-state index is 9.10. The van der Waals surface area contributed by atoms with Crippen molar-refractivity contribution in [2.45, 2.75) is 13.0 Å². The Morgan fingerprint density at radius 2 is 2.09 bits per heavy atom. The molecule has 0 heterocycles. The Hall–Kier alpha value is -0.730. The van der Waals surface area contributed by atoms with Crippen molar-refractivity contribution < 1.29 is 10.2 Å². The predicted octanol–water partition coefficient (Wildman–Crippen LogP) is 2.10. The van der Waals surface area contributed by atoms with Crippen LogP contribution in [-0.2, 0) is 0 Å². The van der Waals surface area contributed by atoms with Gasteiger partial charge in [0.05, 0.1) is 11.1 Å². The molecule has 11 heavy (non-hydrogen) atoms. The molecule has 0 aromatic heterocycles. The van der Waals surface area contributed by atoms with Crippen LogP contribution in [-0.4, -0.2) is 10.2 Å². The largest absolute Gasteiger partial charge is 0.506 e. The Morgan fingerprint density at radius 3 is 2.55 bits per heavy atom. The minimum atomic E-state index is -0.548. The molecule has 0 fully saturated rings. The lowest BCUT2D eigenvalue weighted by atomic mass is 10.1. The van der Waals surface area contributed by atoms with Crippen molar-refractivity contribution in [3.8, 4) is 5.75 Å². The van der Waals surface area contributed by atoms with Gasteiger partial charge in [0, 0.05) is 0 Å². The second-order valence-corrected chi connectivity index (χ2v) is 2.79. The number of phenolic OH excluding ortho intramolecular Hbond substituents is 1. The molecular weight excluding hydrogens is 164 g/mol. The Labute approximate surface area is 70.1 Å². The average molecular weight is 173 g/mol. The molecule has 0 aliphatic carbocycles. The highest BCUT2D eigenvalue weighted by molar-refractivity contribution is 6.32. The summed E-state index contributed by atoms with van der Waals surface area (Å²) in [7, 11) is 0. The zero-order valence-electron chi connectivity index (χ0n) is 6.08. The Morgan fingerprint density at radius 1 is 1.45 bits per heavy atom. The maximum Gasteiger partial charge on any atom is 0.134 e. The maximum atomic E-state index is 9.10. The minimum Gasteiger partial charge on any atom is -0.506 e. The van der Waals surface area contributed by atoms with Crippen molar-refractivity contribution in [1.29, 1.82) is 0 Å². The van der Waals surface area contributed by atoms with Crippen LogP contribution in [0.15, 0.2) is 18.2 Å². The third-order valence-corrected chi connectivity index (χ3v) is 1.76. The molecule has 1 aromatic rings. The summed E-state index contributed by atoms with van der Waals surface area (Å²) >= 11 is 5.60. The fraction of sp³-hybridized carbons (Fsp3) is 0.250. The summed E-state index contributed by atoms with van der Waals surface area (Å²) in [6.45, 7) is 1.64. The van der Waals surface area contributed by atoms with E-state index in [9.17, 15) is 0 Å². The molecule has 0 bridgehead atoms. The quantitative estimate of drug-likeness (QED) is 0.681. The van der Waals surface area contributed by atoms with E-state index in [-0.39, 0.29) is 10.8 Å². The molecule has 0 amide bonds. The van der Waals surface area contributed by atoms with E-state index in [0.29, 0.717) is 5.56 Å². The smallest absolute Gasteiger partial charge is 0.134 e. The van der Waals surface area contributed by atoms with E-state index in [1.165, 1.54) is 6.07 Å². The molecule has 1 aromatic carbocycles. The molecule has 3 heteroatoms. The van der Waals surface area contributed by atoms with Crippen molar-refractivity contribution >= 4 is 11.6 Å². The second kappa shape index (κ2) is 3.11. The van der Waals surface area contributed by atoms with Crippen molar-refractivity contribution in [1.82, 2.24) is 0 Å². The third kappa shape index (κ3) is 1.85. The van der Waals surface area contributed by atoms with E-state index >= 15 is 0 Å². The van der Waals surface area contributed by atoms with Gasteiger partial charge in [-0.3, -0.25) is 0 Å². The van der Waals surface area contributed by atoms with Gasteiger partial charge in [-0.2, -0.15) is 0 Å². The van der Waals surface area contributed by atoms with Crippen LogP contribution in [0.25, 0.3) is 0 Å². The molecule has 1 rings (SSSR count). The molecule has 1 unspecified atom stereocenters. The van der Waals surface area contributed by atoms with Gasteiger partial charge < -0.3 is 10.2 Å². The van der Waals surface area contributed by atoms with Crippen LogP contribution in [0.2, 0.25) is 5.02 Å². The van der Waals surface area contributed by atoms with E-state index in [4.69, 9.17) is 21.8 Å². The number of hydrogen-bond donors (Lipinski definition) is 2. The first-order valence-corrected chi connectivity index (χ1v) is 3.65. The van der Waals surface area contributed by atoms with Crippen molar-refractivity contribution in [3.05, 3.63) is 28.8 Å². The number of hydrogen-bond acceptors (Lipinski definition) is 2. The van der Waals surface area contributed by atoms with Crippen LogP contribution in [0.5, 0.6) is 5.75 Å². The summed E-state index contributed by atoms with van der Waals surface area (Å²) in [5.74, 6) is 0.0380. The Bertz CT molecular complexity index is 258. The molecule has 2 nitrogen and oxygen atoms in total. The monoisotopic (exact) mass is 172 g/mol. The van der Waals surface area contributed by atoms with Gasteiger partial charge in [-0.1, -0.05) is 17.7 Å². The van der Waals surface area contributed by atoms with Gasteiger partial charge in [-0.25, -0.2) is 0 Å². The third-order valence-electron chi connectivity index (χ3n) is 1.45. The standard InChI is InChI=1S/C8H9ClO2/c1-5(10)6-2-3-8(11)7(9)4-6/h2-5,10-11H,1H3. The van der Waals surface area contributed by atoms with Crippen molar-refractivity contribution in [2.75, 3.05) is 0 Å². The zero-order valence-corrected chi connectivity index (χ0v) is 6.84. The van der Waals surface area contributed by atoms with Gasteiger partial charge in [0.25, 0.3) is 0 Å². The van der Waals surface area contributed by atoms with Gasteiger partial charge >= 0.3 is 0 Å². The molecule has 0 saturated heterocycles. The highest BCUT2D eigenvalue weighted by Crippen LogP contribution is 2.26. The highest BCUT2D eigenvalue weighted by atomic mass is 35.5. The number of halogens is 1. The first-order chi connectivity index (χ1) is 5.11. The molecule has 2 N–H and O–H groups in total. The summed E-state index contributed by atoms with van der Waals surface area (Å²) in [6, 6.07) is 4.64. The molecule has 0 saturated carbocycles. The first kappa shape index (κ1) is 8.37. The molecule has 0 aliphatic rings. The van der Waals surface area contributed by atoms with Gasteiger partial charge in [-0.05, 0) is 24.6 Å². The van der Waals surface area contributed by atoms with E-state index in [2.05, 4.69) is 0 Å². The SMILES string of the molecule is CC(O)c1ccc(O)c(Cl)c1. The van der Waals surface area contributed by atoms with E-state index in [0.717, 1.165) is 0 Å². The summed E-state index contributed by atoms with van der Waals surface area (Å²) in [5.41, 5.74) is 0.702. The number of aliphatic hydroxyl groups is 1. The number of aromatic hydroxyl groups is 1. The zero-order chi connectivity index (χ0) is 8.43. The van der Waals surface area contributed by atoms with Crippen LogP contribution in [0.1, 0.15) is 18.6 Å². The van der Waals surface area contributed by atoms with Crippen LogP contribution < -0.4 is 0 Å². The minimum absolute atomic E-state index is 0.0380. The normalized spacial score (nSPS) is 13.0. The van der Waals surface area contributed by atoms with Gasteiger partial charge in [0.1, 0.15) is 5.75 Å². The predicted molar refractivity (Wildman–Crippen MR) is 43.8 cm³/mol. The molecule has 60 valence electrons. The molecular formula is C8H9ClO2. The van der Waals surface area contributed by atoms with E-state index in [1.54, 1.807) is 19.1 Å². The fourth-order valence-electron chi connectivity index (χ4n) is 0.783. The number of aliphatic hydroxyl groups excluding tert-OH is 1. The van der Waals surface area contributed by atoms with Crippen LogP contribution in [0, 0.1) is 0 Å². The van der Waals surface area contributed by atoms with Crippen LogP contribution >= 0.6 is 11.6 Å². The lowest BCUT2D eigenvalue weighted by Crippen LogP contribution is -1.89. The summed E-state index contributed by atoms with van der Waals surface area (Å²) in [6.07, 6.45) is -0.548. The molecule has 0 radical (unpaired) electrons. The number of phenols is 1. The van der Waals surface area contributed by atoms with Crippen molar-refractivity contribution in [2.24, 2.45) is 0 Å². The second-order valence-electron chi connectivity index (χ2n) is 2.39. The lowest BCUT2D eigenvalue weighted by Gasteiger charge is -2.04. The van der Waals surface area contributed by atoms with Gasteiger partial charge in [0.2, 0.25) is 0 Å². The van der Waals surface area contributed by atoms with Gasteiger partial charge in [-0.15, -0.1) is 0 Å². The first-order valence-electron chi connectivity index (χ1n) is 3.27.